The van der Waals surface area contributed by atoms with Crippen LogP contribution in [0.1, 0.15) is 44.5 Å². The molecule has 0 fully saturated rings. The summed E-state index contributed by atoms with van der Waals surface area (Å²) in [5, 5.41) is 4.57. The van der Waals surface area contributed by atoms with E-state index >= 15 is 0 Å². The Balaban J connectivity index is 2.16. The van der Waals surface area contributed by atoms with Crippen molar-refractivity contribution in [3.63, 3.8) is 0 Å². The number of Topliss-reactive ketones (excluding diaryl/α,β-unsaturated/α-hetero) is 1. The third kappa shape index (κ3) is 2.99. The number of para-hydroxylation sites is 1. The Morgan fingerprint density at radius 2 is 1.88 bits per heavy atom. The van der Waals surface area contributed by atoms with Gasteiger partial charge in [0.25, 0.3) is 0 Å². The smallest absolute Gasteiger partial charge is 0.165 e. The Hall–Kier alpha value is -2.42. The number of benzene rings is 1. The van der Waals surface area contributed by atoms with E-state index in [-0.39, 0.29) is 11.7 Å². The fourth-order valence-electron chi connectivity index (χ4n) is 2.98. The van der Waals surface area contributed by atoms with Crippen LogP contribution in [0.5, 0.6) is 0 Å². The first-order valence-corrected chi connectivity index (χ1v) is 8.64. The third-order valence-electron chi connectivity index (χ3n) is 4.45. The molecule has 1 atom stereocenters. The van der Waals surface area contributed by atoms with E-state index < -0.39 is 0 Å². The molecule has 0 bridgehead atoms. The monoisotopic (exact) mass is 320 g/mol. The van der Waals surface area contributed by atoms with Crippen LogP contribution in [0.4, 0.5) is 5.69 Å². The van der Waals surface area contributed by atoms with Crippen LogP contribution in [-0.2, 0) is 0 Å². The highest BCUT2D eigenvalue weighted by atomic mass is 16.1. The number of carbonyl (C=O) groups is 1. The molecule has 0 radical (unpaired) electrons. The number of aromatic nitrogens is 1. The first-order chi connectivity index (χ1) is 11.5. The van der Waals surface area contributed by atoms with Crippen molar-refractivity contribution in [3.05, 3.63) is 48.0 Å². The van der Waals surface area contributed by atoms with Gasteiger partial charge in [0.1, 0.15) is 0 Å². The van der Waals surface area contributed by atoms with Crippen molar-refractivity contribution >= 4 is 22.4 Å². The largest absolute Gasteiger partial charge is 0.381 e. The van der Waals surface area contributed by atoms with Crippen molar-refractivity contribution in [2.45, 2.75) is 40.2 Å². The Morgan fingerprint density at radius 1 is 1.12 bits per heavy atom. The number of hydrogen-bond acceptors (Lipinski definition) is 3. The summed E-state index contributed by atoms with van der Waals surface area (Å²) in [6.07, 6.45) is 0.847. The summed E-state index contributed by atoms with van der Waals surface area (Å²) in [6.45, 7) is 8.25. The normalized spacial score (nSPS) is 12.7. The zero-order valence-corrected chi connectivity index (χ0v) is 14.8. The molecular weight excluding hydrogens is 296 g/mol. The maximum Gasteiger partial charge on any atom is 0.165 e. The van der Waals surface area contributed by atoms with E-state index in [9.17, 15) is 4.79 Å². The van der Waals surface area contributed by atoms with Gasteiger partial charge < -0.3 is 5.32 Å². The third-order valence-corrected chi connectivity index (χ3v) is 4.45. The molecule has 1 N–H and O–H groups in total. The van der Waals surface area contributed by atoms with Crippen LogP contribution < -0.4 is 5.32 Å². The molecule has 2 aliphatic rings. The minimum Gasteiger partial charge on any atom is -0.381 e. The number of fused-ring (bicyclic) bond motifs is 3. The molecule has 1 aliphatic carbocycles. The van der Waals surface area contributed by atoms with Crippen LogP contribution in [0.3, 0.4) is 0 Å². The van der Waals surface area contributed by atoms with Gasteiger partial charge in [0, 0.05) is 28.5 Å². The molecular formula is C21H24N2O. The average molecular weight is 320 g/mol. The van der Waals surface area contributed by atoms with Crippen molar-refractivity contribution in [1.82, 2.24) is 4.98 Å². The van der Waals surface area contributed by atoms with Crippen LogP contribution >= 0.6 is 0 Å². The molecule has 0 aromatic heterocycles. The Labute approximate surface area is 143 Å². The second-order valence-corrected chi connectivity index (χ2v) is 6.71. The van der Waals surface area contributed by atoms with E-state index in [0.717, 1.165) is 39.8 Å². The van der Waals surface area contributed by atoms with Gasteiger partial charge in [-0.3, -0.25) is 4.79 Å². The van der Waals surface area contributed by atoms with E-state index in [2.05, 4.69) is 37.4 Å². The van der Waals surface area contributed by atoms with Crippen LogP contribution in [0, 0.1) is 5.92 Å². The average Bonchev–Trinajstić information content (AvgIpc) is 2.77. The minimum absolute atomic E-state index is 0.0324. The maximum atomic E-state index is 12.5. The highest BCUT2D eigenvalue weighted by molar-refractivity contribution is 6.05. The van der Waals surface area contributed by atoms with Gasteiger partial charge in [-0.05, 0) is 32.4 Å². The molecule has 0 saturated heterocycles. The van der Waals surface area contributed by atoms with Crippen molar-refractivity contribution in [1.29, 1.82) is 0 Å². The van der Waals surface area contributed by atoms with Crippen LogP contribution in [0.25, 0.3) is 22.2 Å². The summed E-state index contributed by atoms with van der Waals surface area (Å²) in [6, 6.07) is 14.4. The number of carbonyl (C=O) groups excluding carboxylic acids is 1. The molecule has 1 aliphatic heterocycles. The van der Waals surface area contributed by atoms with Crippen molar-refractivity contribution in [2.24, 2.45) is 5.92 Å². The summed E-state index contributed by atoms with van der Waals surface area (Å²) < 4.78 is 0. The molecule has 3 heteroatoms. The number of nitrogens with zero attached hydrogens (tertiary/aromatic N) is 1. The van der Waals surface area contributed by atoms with Crippen LogP contribution in [0.2, 0.25) is 0 Å². The molecule has 0 amide bonds. The molecule has 1 aromatic carbocycles. The molecule has 1 heterocycles. The quantitative estimate of drug-likeness (QED) is 0.641. The van der Waals surface area contributed by atoms with E-state index in [1.165, 1.54) is 0 Å². The lowest BCUT2D eigenvalue weighted by atomic mass is 9.98. The first-order valence-electron chi connectivity index (χ1n) is 8.64. The van der Waals surface area contributed by atoms with Crippen LogP contribution in [-0.4, -0.2) is 16.8 Å². The fraction of sp³-hybridized carbons (Fsp3) is 0.333. The predicted octanol–water partition coefficient (Wildman–Crippen LogP) is 5.39. The van der Waals surface area contributed by atoms with Gasteiger partial charge >= 0.3 is 0 Å². The van der Waals surface area contributed by atoms with E-state index in [1.807, 2.05) is 38.1 Å². The molecule has 1 aromatic rings. The second kappa shape index (κ2) is 6.60. The molecule has 124 valence electrons. The molecule has 3 rings (SSSR count). The summed E-state index contributed by atoms with van der Waals surface area (Å²) in [5.41, 5.74) is 4.70. The zero-order valence-electron chi connectivity index (χ0n) is 14.8. The van der Waals surface area contributed by atoms with E-state index in [0.29, 0.717) is 6.04 Å². The standard InChI is InChI=1S/C21H24N2O/c1-5-14(4)21(24)15-8-6-9-16-17-10-7-11-18(22-13(2)3)20(17)23-19(16)12-15/h6-14,22H,5H2,1-4H3. The van der Waals surface area contributed by atoms with E-state index in [1.54, 1.807) is 0 Å². The van der Waals surface area contributed by atoms with Crippen molar-refractivity contribution < 1.29 is 4.79 Å². The van der Waals surface area contributed by atoms with Crippen molar-refractivity contribution in [3.8, 4) is 11.3 Å². The number of hydrogen-bond donors (Lipinski definition) is 1. The Morgan fingerprint density at radius 3 is 2.58 bits per heavy atom. The van der Waals surface area contributed by atoms with Gasteiger partial charge in [-0.25, -0.2) is 4.98 Å². The lowest BCUT2D eigenvalue weighted by molar-refractivity contribution is 0.0927. The summed E-state index contributed by atoms with van der Waals surface area (Å²) >= 11 is 0. The maximum absolute atomic E-state index is 12.5. The highest BCUT2D eigenvalue weighted by Gasteiger charge is 2.17. The van der Waals surface area contributed by atoms with Gasteiger partial charge in [-0.2, -0.15) is 0 Å². The van der Waals surface area contributed by atoms with Crippen LogP contribution in [0.15, 0.2) is 42.5 Å². The van der Waals surface area contributed by atoms with Gasteiger partial charge in [0.15, 0.2) is 5.78 Å². The molecule has 0 spiro atoms. The van der Waals surface area contributed by atoms with Gasteiger partial charge in [0.2, 0.25) is 0 Å². The summed E-state index contributed by atoms with van der Waals surface area (Å²) in [5.74, 6) is 0.215. The lowest BCUT2D eigenvalue weighted by Crippen LogP contribution is -2.09. The second-order valence-electron chi connectivity index (χ2n) is 6.71. The topological polar surface area (TPSA) is 42.0 Å². The zero-order chi connectivity index (χ0) is 17.3. The molecule has 0 saturated carbocycles. The summed E-state index contributed by atoms with van der Waals surface area (Å²) in [7, 11) is 0. The minimum atomic E-state index is 0.0324. The SMILES string of the molecule is CCC(C)C(=O)c1cccc2c3cccc(NC(C)C)c3nc-2c1. The lowest BCUT2D eigenvalue weighted by Gasteiger charge is -2.10. The number of rotatable bonds is 5. The van der Waals surface area contributed by atoms with Crippen molar-refractivity contribution in [2.75, 3.05) is 5.32 Å². The fourth-order valence-corrected chi connectivity index (χ4v) is 2.98. The molecule has 24 heavy (non-hydrogen) atoms. The number of anilines is 1. The predicted molar refractivity (Wildman–Crippen MR) is 101 cm³/mol. The molecule has 3 nitrogen and oxygen atoms in total. The summed E-state index contributed by atoms with van der Waals surface area (Å²) in [4.78, 5) is 17.4. The molecule has 1 unspecified atom stereocenters. The number of nitrogens with one attached hydrogen (secondary N) is 1. The van der Waals surface area contributed by atoms with Gasteiger partial charge in [-0.15, -0.1) is 0 Å². The Kier molecular flexibility index (Phi) is 4.52. The highest BCUT2D eigenvalue weighted by Crippen LogP contribution is 2.35. The van der Waals surface area contributed by atoms with Gasteiger partial charge in [-0.1, -0.05) is 44.2 Å². The van der Waals surface area contributed by atoms with Gasteiger partial charge in [0.05, 0.1) is 16.9 Å². The number of ketones is 1. The van der Waals surface area contributed by atoms with E-state index in [4.69, 9.17) is 4.98 Å². The Bertz CT molecular complexity index is 854. The first kappa shape index (κ1) is 16.4.